The molecule has 5 aliphatic carbocycles. The van der Waals surface area contributed by atoms with Gasteiger partial charge in [0.2, 0.25) is 0 Å². The van der Waals surface area contributed by atoms with Crippen molar-refractivity contribution in [1.29, 1.82) is 0 Å². The first-order valence-corrected chi connectivity index (χ1v) is 30.8. The third kappa shape index (κ3) is 50.4. The fourth-order valence-corrected chi connectivity index (χ4v) is 6.58. The van der Waals surface area contributed by atoms with Gasteiger partial charge in [0, 0.05) is 126 Å². The quantitative estimate of drug-likeness (QED) is 0.0752. The van der Waals surface area contributed by atoms with Gasteiger partial charge in [0.25, 0.3) is 0 Å². The Labute approximate surface area is 503 Å². The number of hydrogen-bond donors (Lipinski definition) is 12. The van der Waals surface area contributed by atoms with Crippen molar-refractivity contribution in [3.63, 3.8) is 0 Å². The van der Waals surface area contributed by atoms with E-state index in [0.29, 0.717) is 30.2 Å². The van der Waals surface area contributed by atoms with Gasteiger partial charge in [0.1, 0.15) is 0 Å². The Morgan fingerprint density at radius 3 is 0.831 bits per heavy atom. The summed E-state index contributed by atoms with van der Waals surface area (Å²) in [6, 6.07) is 4.36. The number of carbonyl (C=O) groups excluding carboxylic acids is 8. The maximum atomic E-state index is 11.5. The first kappa shape index (κ1) is 81.4. The second kappa shape index (κ2) is 45.6. The summed E-state index contributed by atoms with van der Waals surface area (Å²) >= 11 is 0. The molecular formula is C59H124N16O8. The lowest BCUT2D eigenvalue weighted by Gasteiger charge is -2.35. The van der Waals surface area contributed by atoms with Crippen LogP contribution in [-0.4, -0.2) is 194 Å². The molecule has 5 saturated carbocycles. The minimum Gasteiger partial charge on any atom is -0.341 e. The first-order chi connectivity index (χ1) is 38.4. The Balaban J connectivity index is -0.000000884. The van der Waals surface area contributed by atoms with E-state index in [-0.39, 0.29) is 103 Å². The number of carbonyl (C=O) groups is 8. The van der Waals surface area contributed by atoms with Crippen LogP contribution < -0.4 is 63.8 Å². The van der Waals surface area contributed by atoms with Crippen LogP contribution in [-0.2, 0) is 0 Å². The van der Waals surface area contributed by atoms with Gasteiger partial charge in [-0.15, -0.1) is 0 Å². The molecule has 24 heteroatoms. The van der Waals surface area contributed by atoms with Crippen molar-refractivity contribution in [2.45, 2.75) is 293 Å². The van der Waals surface area contributed by atoms with E-state index in [2.05, 4.69) is 63.8 Å². The summed E-state index contributed by atoms with van der Waals surface area (Å²) in [6.45, 7) is 37.9. The Morgan fingerprint density at radius 2 is 0.614 bits per heavy atom. The predicted molar refractivity (Wildman–Crippen MR) is 339 cm³/mol. The second-order valence-electron chi connectivity index (χ2n) is 24.6. The summed E-state index contributed by atoms with van der Waals surface area (Å²) in [6.07, 6.45) is 14.1. The molecule has 5 fully saturated rings. The molecule has 0 aromatic rings. The van der Waals surface area contributed by atoms with E-state index in [1.807, 2.05) is 155 Å². The van der Waals surface area contributed by atoms with Crippen molar-refractivity contribution >= 4 is 48.2 Å². The molecule has 0 atom stereocenters. The number of rotatable bonds is 15. The number of hydrogen-bond acceptors (Lipinski definition) is 8. The lowest BCUT2D eigenvalue weighted by Crippen LogP contribution is -2.48. The van der Waals surface area contributed by atoms with Crippen molar-refractivity contribution in [2.75, 3.05) is 41.8 Å². The van der Waals surface area contributed by atoms with Gasteiger partial charge in [-0.1, -0.05) is 0 Å². The molecule has 83 heavy (non-hydrogen) atoms. The summed E-state index contributed by atoms with van der Waals surface area (Å²) in [5, 5.41) is 33.2. The van der Waals surface area contributed by atoms with Crippen LogP contribution in [0.15, 0.2) is 0 Å². The van der Waals surface area contributed by atoms with Crippen LogP contribution in [0, 0.1) is 0 Å². The van der Waals surface area contributed by atoms with Gasteiger partial charge in [-0.2, -0.15) is 0 Å². The first-order valence-electron chi connectivity index (χ1n) is 30.8. The predicted octanol–water partition coefficient (Wildman–Crippen LogP) is 8.57. The summed E-state index contributed by atoms with van der Waals surface area (Å²) in [5.41, 5.74) is 0. The molecule has 5 rings (SSSR count). The standard InChI is InChI=1S/2C9H18N2O.2C8H16N2O.C7H14N2O.C7H16N2O.C6H14N2O.C5H12N2O/c1-7(2)10-9(12)11(3)8-5-4-6-8;1-4-11(8-5-6-8)9(12)10-7(2)3;1-6(2)9-8(11)10(3)7-4-5-7;1-6(2)9-8(11)10-7-4-3-5-7;1-5(2)8-7(10)9-6-3-4-6;1-5(2)8-7(10)9-6(3)4;1-5(2)7-6(9)8(3)4;1-4(2)7-5(8)6-3/h2*7-8H,4-6H2,1-3H3,(H,10,12);6-7H,4-5H2,1-3H3,(H,9,11);6-7H,3-5H2,1-2H3,(H2,9,10,11);5-6H,3-4H2,1-2H3,(H2,8,9,10);5-6H,1-4H3,(H2,8,9,10);5H,1-4H3,(H,7,9);4H,1-3H3,(H2,6,7,8). The van der Waals surface area contributed by atoms with E-state index >= 15 is 0 Å². The maximum Gasteiger partial charge on any atom is 0.317 e. The molecule has 0 radical (unpaired) electrons. The van der Waals surface area contributed by atoms with Crippen LogP contribution in [0.1, 0.15) is 209 Å². The van der Waals surface area contributed by atoms with Crippen molar-refractivity contribution in [3.8, 4) is 0 Å². The highest BCUT2D eigenvalue weighted by atomic mass is 16.2. The topological polar surface area (TPSA) is 294 Å². The smallest absolute Gasteiger partial charge is 0.317 e. The highest BCUT2D eigenvalue weighted by Crippen LogP contribution is 2.27. The minimum atomic E-state index is -0.125. The molecule has 0 saturated heterocycles. The Kier molecular flexibility index (Phi) is 44.7. The fraction of sp³-hybridized carbons (Fsp3) is 0.864. The molecule has 0 aromatic heterocycles. The van der Waals surface area contributed by atoms with Gasteiger partial charge in [-0.05, 0) is 209 Å². The Hall–Kier alpha value is -5.84. The maximum absolute atomic E-state index is 11.5. The van der Waals surface area contributed by atoms with Crippen molar-refractivity contribution in [3.05, 3.63) is 0 Å². The van der Waals surface area contributed by atoms with Gasteiger partial charge in [-0.25, -0.2) is 38.4 Å². The van der Waals surface area contributed by atoms with Crippen molar-refractivity contribution < 1.29 is 38.4 Å². The SMILES string of the molecule is CC(C)NC(=O)N(C)C.CC(C)NC(=O)N(C)C1CC1.CC(C)NC(=O)N(C)C1CCC1.CC(C)NC(=O)NC(C)C.CC(C)NC(=O)NC1CC1.CC(C)NC(=O)NC1CCC1.CCN(C(=O)NC(C)C)C1CC1.CNC(=O)NC(C)C. The number of urea groups is 8. The minimum absolute atomic E-state index is 0.0234. The van der Waals surface area contributed by atoms with E-state index in [4.69, 9.17) is 0 Å². The number of nitrogens with zero attached hydrogens (tertiary/aromatic N) is 4. The van der Waals surface area contributed by atoms with Gasteiger partial charge >= 0.3 is 48.2 Å². The monoisotopic (exact) mass is 1180 g/mol. The molecule has 0 aromatic carbocycles. The van der Waals surface area contributed by atoms with Crippen molar-refractivity contribution in [1.82, 2.24) is 83.4 Å². The zero-order valence-electron chi connectivity index (χ0n) is 56.3. The van der Waals surface area contributed by atoms with Crippen LogP contribution >= 0.6 is 0 Å². The van der Waals surface area contributed by atoms with Crippen LogP contribution in [0.25, 0.3) is 0 Å². The molecule has 24 nitrogen and oxygen atoms in total. The van der Waals surface area contributed by atoms with Crippen molar-refractivity contribution in [2.24, 2.45) is 0 Å². The molecular weight excluding hydrogens is 1060 g/mol. The Bertz CT molecular complexity index is 1750. The van der Waals surface area contributed by atoms with Gasteiger partial charge in [-0.3, -0.25) is 0 Å². The Morgan fingerprint density at radius 1 is 0.337 bits per heavy atom. The van der Waals surface area contributed by atoms with Crippen LogP contribution in [0.5, 0.6) is 0 Å². The highest BCUT2D eigenvalue weighted by Gasteiger charge is 2.32. The molecule has 0 bridgehead atoms. The van der Waals surface area contributed by atoms with E-state index in [1.165, 1.54) is 56.3 Å². The highest BCUT2D eigenvalue weighted by molar-refractivity contribution is 5.77. The molecule has 12 N–H and O–H groups in total. The third-order valence-corrected chi connectivity index (χ3v) is 11.7. The molecule has 0 spiro atoms. The lowest BCUT2D eigenvalue weighted by atomic mass is 9.92. The lowest BCUT2D eigenvalue weighted by molar-refractivity contribution is 0.156. The molecule has 0 aliphatic heterocycles. The summed E-state index contributed by atoms with van der Waals surface area (Å²) in [7, 11) is 8.77. The summed E-state index contributed by atoms with van der Waals surface area (Å²) in [5.74, 6) is 0. The zero-order valence-corrected chi connectivity index (χ0v) is 56.3. The molecule has 488 valence electrons. The second-order valence-corrected chi connectivity index (χ2v) is 24.6. The average molecular weight is 1190 g/mol. The van der Waals surface area contributed by atoms with Crippen LogP contribution in [0.3, 0.4) is 0 Å². The molecule has 5 aliphatic rings. The third-order valence-electron chi connectivity index (χ3n) is 11.7. The zero-order chi connectivity index (χ0) is 64.7. The molecule has 16 amide bonds. The largest absolute Gasteiger partial charge is 0.341 e. The molecule has 0 unspecified atom stereocenters. The summed E-state index contributed by atoms with van der Waals surface area (Å²) in [4.78, 5) is 95.1. The normalized spacial score (nSPS) is 14.6. The summed E-state index contributed by atoms with van der Waals surface area (Å²) < 4.78 is 0. The average Bonchev–Trinajstić information content (AvgIpc) is 4.13. The van der Waals surface area contributed by atoms with Gasteiger partial charge in [0.15, 0.2) is 0 Å². The van der Waals surface area contributed by atoms with Crippen LogP contribution in [0.2, 0.25) is 0 Å². The van der Waals surface area contributed by atoms with Crippen LogP contribution in [0.4, 0.5) is 38.4 Å². The van der Waals surface area contributed by atoms with Gasteiger partial charge in [0.05, 0.1) is 0 Å². The van der Waals surface area contributed by atoms with E-state index < -0.39 is 0 Å². The van der Waals surface area contributed by atoms with E-state index in [1.54, 1.807) is 26.0 Å². The van der Waals surface area contributed by atoms with E-state index in [9.17, 15) is 38.4 Å². The number of amides is 16. The fourth-order valence-electron chi connectivity index (χ4n) is 6.58. The number of nitrogens with one attached hydrogen (secondary N) is 12. The van der Waals surface area contributed by atoms with E-state index in [0.717, 1.165) is 32.2 Å². The van der Waals surface area contributed by atoms with Gasteiger partial charge < -0.3 is 83.4 Å². The molecule has 0 heterocycles.